The summed E-state index contributed by atoms with van der Waals surface area (Å²) in [6.45, 7) is 1.02. The fourth-order valence-electron chi connectivity index (χ4n) is 4.33. The SMILES string of the molecule is COc1cc(OC)c(Cl)c(-c2cc3cnc(-c4cnn(C)c4)cc3n([C@H]3CCOC3)c2=O)c1Cl. The third-order valence-corrected chi connectivity index (χ3v) is 6.79. The Morgan fingerprint density at radius 1 is 1.09 bits per heavy atom. The van der Waals surface area contributed by atoms with Gasteiger partial charge in [-0.05, 0) is 18.6 Å². The standard InChI is InChI=1S/C24H22Cl2N4O4/c1-29-11-14(10-28-29)17-7-18-13(9-27-17)6-16(24(31)30(18)15-4-5-34-12-15)21-22(25)19(32-2)8-20(33-3)23(21)26/h6-11,15H,4-5,12H2,1-3H3/t15-/m0/s1. The molecule has 10 heteroatoms. The second-order valence-corrected chi connectivity index (χ2v) is 8.82. The Bertz CT molecular complexity index is 1430. The van der Waals surface area contributed by atoms with E-state index in [1.807, 2.05) is 19.3 Å². The van der Waals surface area contributed by atoms with Gasteiger partial charge in [-0.1, -0.05) is 23.2 Å². The van der Waals surface area contributed by atoms with Gasteiger partial charge in [0.05, 0.1) is 59.9 Å². The largest absolute Gasteiger partial charge is 0.495 e. The maximum Gasteiger partial charge on any atom is 0.259 e. The van der Waals surface area contributed by atoms with Crippen molar-refractivity contribution in [3.63, 3.8) is 0 Å². The minimum atomic E-state index is -0.231. The molecule has 0 unspecified atom stereocenters. The van der Waals surface area contributed by atoms with Crippen molar-refractivity contribution in [2.45, 2.75) is 12.5 Å². The van der Waals surface area contributed by atoms with E-state index in [2.05, 4.69) is 10.1 Å². The fourth-order valence-corrected chi connectivity index (χ4v) is 5.04. The van der Waals surface area contributed by atoms with E-state index in [1.54, 1.807) is 33.8 Å². The number of hydrogen-bond donors (Lipinski definition) is 0. The van der Waals surface area contributed by atoms with Crippen molar-refractivity contribution in [3.8, 4) is 33.9 Å². The topological polar surface area (TPSA) is 80.4 Å². The van der Waals surface area contributed by atoms with Gasteiger partial charge in [0.25, 0.3) is 5.56 Å². The van der Waals surface area contributed by atoms with Crippen LogP contribution in [-0.2, 0) is 11.8 Å². The quantitative estimate of drug-likeness (QED) is 0.393. The Kier molecular flexibility index (Phi) is 5.97. The molecule has 0 radical (unpaired) electrons. The fraction of sp³-hybridized carbons (Fsp3) is 0.292. The predicted molar refractivity (Wildman–Crippen MR) is 131 cm³/mol. The highest BCUT2D eigenvalue weighted by atomic mass is 35.5. The first-order valence-corrected chi connectivity index (χ1v) is 11.4. The highest BCUT2D eigenvalue weighted by Crippen LogP contribution is 2.45. The van der Waals surface area contributed by atoms with Gasteiger partial charge in [0, 0.05) is 48.6 Å². The minimum Gasteiger partial charge on any atom is -0.495 e. The number of pyridine rings is 2. The first-order chi connectivity index (χ1) is 16.4. The summed E-state index contributed by atoms with van der Waals surface area (Å²) >= 11 is 13.3. The smallest absolute Gasteiger partial charge is 0.259 e. The number of aryl methyl sites for hydroxylation is 1. The molecule has 4 heterocycles. The average molecular weight is 501 g/mol. The van der Waals surface area contributed by atoms with Gasteiger partial charge >= 0.3 is 0 Å². The lowest BCUT2D eigenvalue weighted by Gasteiger charge is -2.20. The molecular weight excluding hydrogens is 479 g/mol. The van der Waals surface area contributed by atoms with Crippen LogP contribution in [0.1, 0.15) is 12.5 Å². The van der Waals surface area contributed by atoms with Crippen molar-refractivity contribution in [1.29, 1.82) is 0 Å². The van der Waals surface area contributed by atoms with Crippen molar-refractivity contribution in [1.82, 2.24) is 19.3 Å². The van der Waals surface area contributed by atoms with Gasteiger partial charge in [0.15, 0.2) is 0 Å². The van der Waals surface area contributed by atoms with Gasteiger partial charge < -0.3 is 18.8 Å². The highest BCUT2D eigenvalue weighted by molar-refractivity contribution is 6.41. The van der Waals surface area contributed by atoms with E-state index >= 15 is 0 Å². The van der Waals surface area contributed by atoms with Gasteiger partial charge in [-0.25, -0.2) is 0 Å². The lowest BCUT2D eigenvalue weighted by molar-refractivity contribution is 0.186. The second kappa shape index (κ2) is 8.94. The second-order valence-electron chi connectivity index (χ2n) is 8.07. The minimum absolute atomic E-state index is 0.135. The third kappa shape index (κ3) is 3.72. The number of nitrogens with zero attached hydrogens (tertiary/aromatic N) is 4. The summed E-state index contributed by atoms with van der Waals surface area (Å²) in [4.78, 5) is 18.6. The van der Waals surface area contributed by atoms with Crippen molar-refractivity contribution in [2.75, 3.05) is 27.4 Å². The Balaban J connectivity index is 1.82. The van der Waals surface area contributed by atoms with E-state index in [9.17, 15) is 4.79 Å². The van der Waals surface area contributed by atoms with E-state index in [0.29, 0.717) is 42.3 Å². The summed E-state index contributed by atoms with van der Waals surface area (Å²) in [6, 6.07) is 5.13. The molecule has 1 aliphatic heterocycles. The Morgan fingerprint density at radius 2 is 1.82 bits per heavy atom. The molecule has 0 aliphatic carbocycles. The summed E-state index contributed by atoms with van der Waals surface area (Å²) in [5, 5.41) is 5.47. The van der Waals surface area contributed by atoms with Gasteiger partial charge in [-0.2, -0.15) is 5.10 Å². The van der Waals surface area contributed by atoms with Crippen LogP contribution >= 0.6 is 23.2 Å². The molecule has 1 fully saturated rings. The number of ether oxygens (including phenoxy) is 3. The van der Waals surface area contributed by atoms with E-state index in [4.69, 9.17) is 37.4 Å². The summed E-state index contributed by atoms with van der Waals surface area (Å²) < 4.78 is 19.9. The number of fused-ring (bicyclic) bond motifs is 1. The molecule has 0 N–H and O–H groups in total. The molecule has 0 bridgehead atoms. The van der Waals surface area contributed by atoms with Gasteiger partial charge in [0.2, 0.25) is 0 Å². The summed E-state index contributed by atoms with van der Waals surface area (Å²) in [6.07, 6.45) is 6.08. The molecule has 0 saturated carbocycles. The molecule has 0 spiro atoms. The molecular formula is C24H22Cl2N4O4. The molecule has 0 amide bonds. The van der Waals surface area contributed by atoms with Crippen molar-refractivity contribution < 1.29 is 14.2 Å². The lowest BCUT2D eigenvalue weighted by Crippen LogP contribution is -2.27. The Labute approximate surface area is 205 Å². The predicted octanol–water partition coefficient (Wildman–Crippen LogP) is 4.75. The van der Waals surface area contributed by atoms with E-state index < -0.39 is 0 Å². The summed E-state index contributed by atoms with van der Waals surface area (Å²) in [5.41, 5.74) is 2.79. The van der Waals surface area contributed by atoms with Gasteiger partial charge in [0.1, 0.15) is 11.5 Å². The Hall–Kier alpha value is -3.07. The average Bonchev–Trinajstić information content (AvgIpc) is 3.51. The van der Waals surface area contributed by atoms with Gasteiger partial charge in [-0.3, -0.25) is 14.5 Å². The lowest BCUT2D eigenvalue weighted by atomic mass is 10.0. The van der Waals surface area contributed by atoms with Gasteiger partial charge in [-0.15, -0.1) is 0 Å². The molecule has 1 saturated heterocycles. The number of halogens is 2. The van der Waals surface area contributed by atoms with E-state index in [-0.39, 0.29) is 21.6 Å². The zero-order valence-electron chi connectivity index (χ0n) is 18.8. The number of methoxy groups -OCH3 is 2. The monoisotopic (exact) mass is 500 g/mol. The molecule has 3 aromatic heterocycles. The van der Waals surface area contributed by atoms with Crippen molar-refractivity contribution in [2.24, 2.45) is 7.05 Å². The number of rotatable bonds is 5. The third-order valence-electron chi connectivity index (χ3n) is 6.03. The van der Waals surface area contributed by atoms with Crippen LogP contribution in [0.2, 0.25) is 10.0 Å². The maximum absolute atomic E-state index is 14.0. The molecule has 5 rings (SSSR count). The van der Waals surface area contributed by atoms with Crippen molar-refractivity contribution >= 4 is 34.1 Å². The first kappa shape index (κ1) is 22.7. The first-order valence-electron chi connectivity index (χ1n) is 10.6. The van der Waals surface area contributed by atoms with Crippen LogP contribution in [0.15, 0.2) is 41.6 Å². The van der Waals surface area contributed by atoms with Crippen LogP contribution in [0.5, 0.6) is 11.5 Å². The normalized spacial score (nSPS) is 15.7. The van der Waals surface area contributed by atoms with Crippen LogP contribution < -0.4 is 15.0 Å². The Morgan fingerprint density at radius 3 is 2.41 bits per heavy atom. The molecule has 8 nitrogen and oxygen atoms in total. The number of benzene rings is 1. The molecule has 34 heavy (non-hydrogen) atoms. The van der Waals surface area contributed by atoms with Crippen LogP contribution in [-0.4, -0.2) is 46.8 Å². The van der Waals surface area contributed by atoms with Crippen LogP contribution in [0.4, 0.5) is 0 Å². The zero-order valence-corrected chi connectivity index (χ0v) is 20.4. The maximum atomic E-state index is 14.0. The van der Waals surface area contributed by atoms with Crippen LogP contribution in [0, 0.1) is 0 Å². The number of hydrogen-bond acceptors (Lipinski definition) is 6. The molecule has 1 atom stereocenters. The van der Waals surface area contributed by atoms with Crippen molar-refractivity contribution in [3.05, 3.63) is 57.2 Å². The summed E-state index contributed by atoms with van der Waals surface area (Å²) in [7, 11) is 4.84. The van der Waals surface area contributed by atoms with Crippen LogP contribution in [0.3, 0.4) is 0 Å². The molecule has 1 aliphatic rings. The van der Waals surface area contributed by atoms with E-state index in [1.165, 1.54) is 14.2 Å². The number of aromatic nitrogens is 4. The molecule has 1 aromatic carbocycles. The zero-order chi connectivity index (χ0) is 24.0. The summed E-state index contributed by atoms with van der Waals surface area (Å²) in [5.74, 6) is 0.719. The highest BCUT2D eigenvalue weighted by Gasteiger charge is 2.27. The molecule has 176 valence electrons. The molecule has 4 aromatic rings. The van der Waals surface area contributed by atoms with E-state index in [0.717, 1.165) is 22.2 Å². The van der Waals surface area contributed by atoms with Crippen LogP contribution in [0.25, 0.3) is 33.3 Å².